The first-order chi connectivity index (χ1) is 15.2. The Hall–Kier alpha value is -2.32. The lowest BCUT2D eigenvalue weighted by molar-refractivity contribution is -0.118. The number of likely N-dealkylation sites (tertiary alicyclic amines) is 1. The third-order valence-corrected chi connectivity index (χ3v) is 5.15. The van der Waals surface area contributed by atoms with Gasteiger partial charge in [0, 0.05) is 20.2 Å². The molecule has 3 aliphatic rings. The third-order valence-electron chi connectivity index (χ3n) is 5.15. The van der Waals surface area contributed by atoms with E-state index in [4.69, 9.17) is 19.3 Å². The molecule has 0 aromatic heterocycles. The number of nitrogens with zero attached hydrogens (tertiary/aromatic N) is 1. The van der Waals surface area contributed by atoms with Crippen molar-refractivity contribution in [1.82, 2.24) is 4.90 Å². The van der Waals surface area contributed by atoms with Crippen molar-refractivity contribution < 1.29 is 28.9 Å². The number of anilines is 1. The van der Waals surface area contributed by atoms with Crippen LogP contribution in [0.1, 0.15) is 65.5 Å². The number of carbonyl (C=O) groups is 2. The maximum Gasteiger partial charge on any atom is 0.410 e. The number of hydrogen-bond acceptors (Lipinski definition) is 6. The molecule has 2 N–H and O–H groups in total. The Morgan fingerprint density at radius 1 is 1.22 bits per heavy atom. The van der Waals surface area contributed by atoms with Gasteiger partial charge in [-0.1, -0.05) is 26.3 Å². The number of aliphatic hydroxyl groups excluding tert-OH is 1. The Labute approximate surface area is 191 Å². The molecular weight excluding hydrogens is 412 g/mol. The lowest BCUT2D eigenvalue weighted by Gasteiger charge is -2.33. The monoisotopic (exact) mass is 450 g/mol. The summed E-state index contributed by atoms with van der Waals surface area (Å²) in [6.45, 7) is 11.3. The molecule has 0 radical (unpaired) electrons. The fraction of sp³-hybridized carbons (Fsp3) is 0.667. The number of benzene rings is 1. The summed E-state index contributed by atoms with van der Waals surface area (Å²) in [6.07, 6.45) is 3.05. The van der Waals surface area contributed by atoms with Crippen molar-refractivity contribution in [1.29, 1.82) is 0 Å². The molecule has 2 amide bonds. The minimum absolute atomic E-state index is 0.0483. The molecule has 8 heteroatoms. The summed E-state index contributed by atoms with van der Waals surface area (Å²) < 4.78 is 16.8. The van der Waals surface area contributed by atoms with Crippen LogP contribution in [0.4, 0.5) is 10.5 Å². The topological polar surface area (TPSA) is 101 Å². The van der Waals surface area contributed by atoms with E-state index in [0.29, 0.717) is 30.4 Å². The number of amides is 2. The number of aliphatic hydroxyl groups is 1. The van der Waals surface area contributed by atoms with Crippen LogP contribution in [0.3, 0.4) is 0 Å². The van der Waals surface area contributed by atoms with Gasteiger partial charge in [0.2, 0.25) is 0 Å². The first-order valence-corrected chi connectivity index (χ1v) is 11.4. The summed E-state index contributed by atoms with van der Waals surface area (Å²) in [5.41, 5.74) is 1.29. The zero-order valence-corrected chi connectivity index (χ0v) is 20.1. The highest BCUT2D eigenvalue weighted by Crippen LogP contribution is 2.47. The quantitative estimate of drug-likeness (QED) is 0.657. The minimum atomic E-state index is -0.468. The van der Waals surface area contributed by atoms with Crippen molar-refractivity contribution in [2.45, 2.75) is 71.7 Å². The lowest BCUT2D eigenvalue weighted by atomic mass is 9.90. The largest absolute Gasteiger partial charge is 0.482 e. The van der Waals surface area contributed by atoms with Gasteiger partial charge >= 0.3 is 6.09 Å². The number of rotatable bonds is 2. The van der Waals surface area contributed by atoms with E-state index < -0.39 is 5.60 Å². The molecule has 0 bridgehead atoms. The van der Waals surface area contributed by atoms with Gasteiger partial charge in [0.15, 0.2) is 6.61 Å². The van der Waals surface area contributed by atoms with E-state index in [1.165, 1.54) is 6.42 Å². The number of hydrogen-bond donors (Lipinski definition) is 2. The van der Waals surface area contributed by atoms with Crippen LogP contribution in [0.15, 0.2) is 18.2 Å². The number of nitrogens with one attached hydrogen (secondary N) is 1. The van der Waals surface area contributed by atoms with Gasteiger partial charge in [-0.15, -0.1) is 0 Å². The van der Waals surface area contributed by atoms with E-state index >= 15 is 0 Å². The SMILES string of the molecule is CC(C)(C)OC(=O)N1CCC(C2OC2c2ccc3c(c2)NC(=O)CO3)CC1.CCC.CO. The molecule has 0 saturated carbocycles. The van der Waals surface area contributed by atoms with E-state index in [-0.39, 0.29) is 30.8 Å². The van der Waals surface area contributed by atoms with Gasteiger partial charge in [0.1, 0.15) is 17.5 Å². The van der Waals surface area contributed by atoms with Crippen molar-refractivity contribution in [3.8, 4) is 5.75 Å². The number of epoxide rings is 1. The average Bonchev–Trinajstić information content (AvgIpc) is 3.55. The van der Waals surface area contributed by atoms with Crippen molar-refractivity contribution in [3.05, 3.63) is 23.8 Å². The lowest BCUT2D eigenvalue weighted by Crippen LogP contribution is -2.42. The maximum atomic E-state index is 12.2. The fourth-order valence-electron chi connectivity index (χ4n) is 3.77. The van der Waals surface area contributed by atoms with Gasteiger partial charge in [0.25, 0.3) is 5.91 Å². The summed E-state index contributed by atoms with van der Waals surface area (Å²) in [5, 5.41) is 9.84. The molecule has 8 nitrogen and oxygen atoms in total. The minimum Gasteiger partial charge on any atom is -0.482 e. The van der Waals surface area contributed by atoms with E-state index in [9.17, 15) is 9.59 Å². The first-order valence-electron chi connectivity index (χ1n) is 11.4. The van der Waals surface area contributed by atoms with Crippen molar-refractivity contribution in [2.24, 2.45) is 5.92 Å². The molecule has 32 heavy (non-hydrogen) atoms. The highest BCUT2D eigenvalue weighted by Gasteiger charge is 2.47. The molecule has 0 spiro atoms. The van der Waals surface area contributed by atoms with Crippen molar-refractivity contribution in [3.63, 3.8) is 0 Å². The predicted octanol–water partition coefficient (Wildman–Crippen LogP) is 4.13. The standard InChI is InChI=1S/C20H26N2O5.C3H8.CH4O/c1-20(2,3)27-19(24)22-8-6-12(7-9-22)17-18(26-17)13-4-5-15-14(10-13)21-16(23)11-25-15;1-3-2;1-2/h4-5,10,12,17-18H,6-9,11H2,1-3H3,(H,21,23);3H2,1-2H3;2H,1H3. The zero-order chi connectivity index (χ0) is 23.9. The first kappa shape index (κ1) is 25.9. The zero-order valence-electron chi connectivity index (χ0n) is 20.1. The van der Waals surface area contributed by atoms with Crippen LogP contribution >= 0.6 is 0 Å². The Morgan fingerprint density at radius 3 is 2.44 bits per heavy atom. The third kappa shape index (κ3) is 7.10. The van der Waals surface area contributed by atoms with Crippen LogP contribution in [-0.2, 0) is 14.3 Å². The molecule has 2 fully saturated rings. The van der Waals surface area contributed by atoms with E-state index in [2.05, 4.69) is 19.2 Å². The second kappa shape index (κ2) is 11.5. The highest BCUT2D eigenvalue weighted by molar-refractivity contribution is 5.95. The van der Waals surface area contributed by atoms with Crippen LogP contribution < -0.4 is 10.1 Å². The van der Waals surface area contributed by atoms with Gasteiger partial charge in [-0.05, 0) is 57.2 Å². The van der Waals surface area contributed by atoms with Crippen molar-refractivity contribution >= 4 is 17.7 Å². The summed E-state index contributed by atoms with van der Waals surface area (Å²) in [7, 11) is 1.00. The molecule has 3 heterocycles. The van der Waals surface area contributed by atoms with E-state index in [0.717, 1.165) is 25.5 Å². The molecule has 1 aromatic carbocycles. The van der Waals surface area contributed by atoms with Crippen LogP contribution in [0.5, 0.6) is 5.75 Å². The van der Waals surface area contributed by atoms with Crippen LogP contribution in [0, 0.1) is 5.92 Å². The molecule has 4 rings (SSSR count). The molecule has 180 valence electrons. The van der Waals surface area contributed by atoms with Crippen LogP contribution in [0.2, 0.25) is 0 Å². The molecule has 2 atom stereocenters. The predicted molar refractivity (Wildman–Crippen MR) is 123 cm³/mol. The van der Waals surface area contributed by atoms with Gasteiger partial charge in [-0.2, -0.15) is 0 Å². The molecule has 1 aromatic rings. The molecule has 0 aliphatic carbocycles. The second-order valence-electron chi connectivity index (χ2n) is 9.13. The Balaban J connectivity index is 0.000000671. The molecular formula is C24H38N2O6. The second-order valence-corrected chi connectivity index (χ2v) is 9.13. The summed E-state index contributed by atoms with van der Waals surface area (Å²) in [4.78, 5) is 25.5. The van der Waals surface area contributed by atoms with Gasteiger partial charge in [-0.25, -0.2) is 4.79 Å². The Morgan fingerprint density at radius 2 is 1.84 bits per heavy atom. The summed E-state index contributed by atoms with van der Waals surface area (Å²) >= 11 is 0. The van der Waals surface area contributed by atoms with Crippen LogP contribution in [-0.4, -0.2) is 60.5 Å². The normalized spacial score (nSPS) is 22.1. The van der Waals surface area contributed by atoms with Gasteiger partial charge < -0.3 is 29.5 Å². The molecule has 2 saturated heterocycles. The van der Waals surface area contributed by atoms with E-state index in [1.54, 1.807) is 4.90 Å². The maximum absolute atomic E-state index is 12.2. The van der Waals surface area contributed by atoms with Crippen LogP contribution in [0.25, 0.3) is 0 Å². The Bertz CT molecular complexity index is 768. The van der Waals surface area contributed by atoms with Crippen molar-refractivity contribution in [2.75, 3.05) is 32.1 Å². The number of carbonyl (C=O) groups excluding carboxylic acids is 2. The smallest absolute Gasteiger partial charge is 0.410 e. The number of ether oxygens (including phenoxy) is 3. The number of piperidine rings is 1. The fourth-order valence-corrected chi connectivity index (χ4v) is 3.77. The molecule has 2 unspecified atom stereocenters. The average molecular weight is 451 g/mol. The number of fused-ring (bicyclic) bond motifs is 1. The van der Waals surface area contributed by atoms with Gasteiger partial charge in [0.05, 0.1) is 11.8 Å². The summed E-state index contributed by atoms with van der Waals surface area (Å²) in [6, 6.07) is 5.82. The highest BCUT2D eigenvalue weighted by atomic mass is 16.6. The Kier molecular flexibility index (Phi) is 9.33. The summed E-state index contributed by atoms with van der Waals surface area (Å²) in [5.74, 6) is 0.985. The van der Waals surface area contributed by atoms with E-state index in [1.807, 2.05) is 39.0 Å². The van der Waals surface area contributed by atoms with Gasteiger partial charge in [-0.3, -0.25) is 4.79 Å². The molecule has 3 aliphatic heterocycles.